The number of rotatable bonds is 8. The number of nitrogens with zero attached hydrogens (tertiary/aromatic N) is 3. The minimum atomic E-state index is -4.63. The number of hydrogen-bond acceptors (Lipinski definition) is 5. The van der Waals surface area contributed by atoms with Gasteiger partial charge in [-0.15, -0.1) is 0 Å². The second-order valence-corrected chi connectivity index (χ2v) is 7.03. The molecular weight excluding hydrogens is 407 g/mol. The van der Waals surface area contributed by atoms with Crippen molar-refractivity contribution in [3.8, 4) is 11.8 Å². The van der Waals surface area contributed by atoms with Crippen LogP contribution in [-0.4, -0.2) is 23.1 Å². The maximum Gasteiger partial charge on any atom is 0.421 e. The Bertz CT molecular complexity index is 997. The summed E-state index contributed by atoms with van der Waals surface area (Å²) in [5.74, 6) is 0.156. The van der Waals surface area contributed by atoms with E-state index in [0.717, 1.165) is 18.2 Å². The van der Waals surface area contributed by atoms with Crippen molar-refractivity contribution in [2.24, 2.45) is 0 Å². The van der Waals surface area contributed by atoms with Crippen LogP contribution >= 0.6 is 0 Å². The maximum absolute atomic E-state index is 13.7. The molecule has 0 aliphatic heterocycles. The fourth-order valence-electron chi connectivity index (χ4n) is 2.85. The molecule has 0 aliphatic rings. The molecular formula is C23H24F3N3O2. The van der Waals surface area contributed by atoms with Gasteiger partial charge < -0.3 is 14.4 Å². The first-order valence-electron chi connectivity index (χ1n) is 9.90. The van der Waals surface area contributed by atoms with Gasteiger partial charge in [-0.05, 0) is 31.0 Å². The fourth-order valence-corrected chi connectivity index (χ4v) is 2.85. The predicted octanol–water partition coefficient (Wildman–Crippen LogP) is 6.02. The first-order valence-corrected chi connectivity index (χ1v) is 9.90. The Kier molecular flexibility index (Phi) is 6.99. The van der Waals surface area contributed by atoms with Crippen LogP contribution in [0.3, 0.4) is 0 Å². The monoisotopic (exact) mass is 431 g/mol. The lowest BCUT2D eigenvalue weighted by atomic mass is 10.2. The van der Waals surface area contributed by atoms with Crippen molar-refractivity contribution < 1.29 is 22.6 Å². The van der Waals surface area contributed by atoms with Gasteiger partial charge in [0.2, 0.25) is 0 Å². The normalized spacial score (nSPS) is 12.3. The molecule has 8 heteroatoms. The van der Waals surface area contributed by atoms with E-state index in [0.29, 0.717) is 11.4 Å². The number of hydrogen-bond donors (Lipinski definition) is 0. The van der Waals surface area contributed by atoms with Crippen LogP contribution in [-0.2, 0) is 12.8 Å². The molecule has 3 rings (SSSR count). The molecule has 2 aromatic carbocycles. The number of halogens is 3. The average molecular weight is 431 g/mol. The zero-order valence-corrected chi connectivity index (χ0v) is 17.6. The fraction of sp³-hybridized carbons (Fsp3) is 0.304. The molecule has 1 unspecified atom stereocenters. The van der Waals surface area contributed by atoms with Gasteiger partial charge in [-0.25, -0.2) is 4.98 Å². The number of ether oxygens (including phenoxy) is 2. The van der Waals surface area contributed by atoms with Gasteiger partial charge in [-0.1, -0.05) is 49.4 Å². The first kappa shape index (κ1) is 22.4. The Morgan fingerprint density at radius 3 is 2.39 bits per heavy atom. The molecule has 0 saturated carbocycles. The maximum atomic E-state index is 13.7. The summed E-state index contributed by atoms with van der Waals surface area (Å²) < 4.78 is 52.5. The summed E-state index contributed by atoms with van der Waals surface area (Å²) in [6.45, 7) is 4.01. The quantitative estimate of drug-likeness (QED) is 0.437. The molecule has 164 valence electrons. The Morgan fingerprint density at radius 1 is 1.03 bits per heavy atom. The molecule has 0 bridgehead atoms. The predicted molar refractivity (Wildman–Crippen MR) is 113 cm³/mol. The summed E-state index contributed by atoms with van der Waals surface area (Å²) in [5.41, 5.74) is 0.356. The number of alkyl halides is 3. The van der Waals surface area contributed by atoms with Crippen molar-refractivity contribution in [2.75, 3.05) is 11.9 Å². The number of benzene rings is 2. The average Bonchev–Trinajstić information content (AvgIpc) is 2.77. The van der Waals surface area contributed by atoms with E-state index in [9.17, 15) is 13.2 Å². The van der Waals surface area contributed by atoms with Crippen LogP contribution in [0.1, 0.15) is 31.4 Å². The standard InChI is InChI=1S/C23H24F3N3O2/c1-4-16(2)31-20-13-9-8-12-19(20)29(3)21-18(23(24,25)26)14-27-22(28-21)30-15-17-10-6-5-7-11-17/h5-14,16H,4,15H2,1-3H3. The third-order valence-electron chi connectivity index (χ3n) is 4.71. The van der Waals surface area contributed by atoms with E-state index in [2.05, 4.69) is 9.97 Å². The Hall–Kier alpha value is -3.29. The van der Waals surface area contributed by atoms with Gasteiger partial charge in [0.05, 0.1) is 11.8 Å². The molecule has 5 nitrogen and oxygen atoms in total. The lowest BCUT2D eigenvalue weighted by Crippen LogP contribution is -2.21. The zero-order valence-electron chi connectivity index (χ0n) is 17.6. The van der Waals surface area contributed by atoms with Crippen molar-refractivity contribution in [3.63, 3.8) is 0 Å². The van der Waals surface area contributed by atoms with Crippen LogP contribution in [0.4, 0.5) is 24.7 Å². The van der Waals surface area contributed by atoms with Gasteiger partial charge in [0.15, 0.2) is 5.82 Å². The van der Waals surface area contributed by atoms with E-state index in [1.165, 1.54) is 11.9 Å². The highest BCUT2D eigenvalue weighted by molar-refractivity contribution is 5.68. The van der Waals surface area contributed by atoms with Crippen molar-refractivity contribution in [2.45, 2.75) is 39.2 Å². The van der Waals surface area contributed by atoms with Gasteiger partial charge in [-0.2, -0.15) is 18.2 Å². The molecule has 0 amide bonds. The van der Waals surface area contributed by atoms with E-state index in [1.807, 2.05) is 44.2 Å². The summed E-state index contributed by atoms with van der Waals surface area (Å²) in [6.07, 6.45) is -3.21. The van der Waals surface area contributed by atoms with E-state index >= 15 is 0 Å². The van der Waals surface area contributed by atoms with Gasteiger partial charge in [0.1, 0.15) is 17.9 Å². The van der Waals surface area contributed by atoms with Gasteiger partial charge in [0.25, 0.3) is 0 Å². The molecule has 31 heavy (non-hydrogen) atoms. The number of anilines is 2. The third-order valence-corrected chi connectivity index (χ3v) is 4.71. The molecule has 1 heterocycles. The Labute approximate surface area is 179 Å². The van der Waals surface area contributed by atoms with Crippen LogP contribution in [0.15, 0.2) is 60.8 Å². The Morgan fingerprint density at radius 2 is 1.71 bits per heavy atom. The zero-order chi connectivity index (χ0) is 22.4. The lowest BCUT2D eigenvalue weighted by Gasteiger charge is -2.25. The van der Waals surface area contributed by atoms with Crippen molar-refractivity contribution in [3.05, 3.63) is 71.9 Å². The van der Waals surface area contributed by atoms with Crippen LogP contribution < -0.4 is 14.4 Å². The van der Waals surface area contributed by atoms with Crippen molar-refractivity contribution >= 4 is 11.5 Å². The van der Waals surface area contributed by atoms with E-state index < -0.39 is 11.7 Å². The van der Waals surface area contributed by atoms with Crippen LogP contribution in [0, 0.1) is 0 Å². The highest BCUT2D eigenvalue weighted by atomic mass is 19.4. The second kappa shape index (κ2) is 9.68. The van der Waals surface area contributed by atoms with Gasteiger partial charge in [-0.3, -0.25) is 0 Å². The minimum absolute atomic E-state index is 0.0909. The molecule has 0 saturated heterocycles. The summed E-state index contributed by atoms with van der Waals surface area (Å²) in [6, 6.07) is 16.0. The van der Waals surface area contributed by atoms with Crippen LogP contribution in [0.5, 0.6) is 11.8 Å². The van der Waals surface area contributed by atoms with Crippen molar-refractivity contribution in [1.82, 2.24) is 9.97 Å². The largest absolute Gasteiger partial charge is 0.489 e. The second-order valence-electron chi connectivity index (χ2n) is 7.03. The van der Waals surface area contributed by atoms with Gasteiger partial charge in [0, 0.05) is 13.2 Å². The van der Waals surface area contributed by atoms with E-state index in [-0.39, 0.29) is 24.5 Å². The molecule has 0 N–H and O–H groups in total. The molecule has 1 aromatic heterocycles. The summed E-state index contributed by atoms with van der Waals surface area (Å²) in [5, 5.41) is 0. The SMILES string of the molecule is CCC(C)Oc1ccccc1N(C)c1nc(OCc2ccccc2)ncc1C(F)(F)F. The van der Waals surface area contributed by atoms with Gasteiger partial charge >= 0.3 is 12.2 Å². The molecule has 0 fully saturated rings. The smallest absolute Gasteiger partial charge is 0.421 e. The molecule has 0 aliphatic carbocycles. The van der Waals surface area contributed by atoms with E-state index in [1.54, 1.807) is 24.3 Å². The minimum Gasteiger partial charge on any atom is -0.489 e. The van der Waals surface area contributed by atoms with Crippen molar-refractivity contribution in [1.29, 1.82) is 0 Å². The summed E-state index contributed by atoms with van der Waals surface area (Å²) in [4.78, 5) is 9.20. The highest BCUT2D eigenvalue weighted by Gasteiger charge is 2.37. The number of para-hydroxylation sites is 2. The first-order chi connectivity index (χ1) is 14.8. The lowest BCUT2D eigenvalue weighted by molar-refractivity contribution is -0.137. The Balaban J connectivity index is 1.96. The molecule has 0 radical (unpaired) electrons. The summed E-state index contributed by atoms with van der Waals surface area (Å²) >= 11 is 0. The molecule has 3 aromatic rings. The highest BCUT2D eigenvalue weighted by Crippen LogP contribution is 2.40. The number of aromatic nitrogens is 2. The third kappa shape index (κ3) is 5.65. The molecule has 0 spiro atoms. The topological polar surface area (TPSA) is 47.5 Å². The summed E-state index contributed by atoms with van der Waals surface area (Å²) in [7, 11) is 1.51. The van der Waals surface area contributed by atoms with Crippen LogP contribution in [0.25, 0.3) is 0 Å². The van der Waals surface area contributed by atoms with E-state index in [4.69, 9.17) is 9.47 Å². The molecule has 1 atom stereocenters. The van der Waals surface area contributed by atoms with Crippen LogP contribution in [0.2, 0.25) is 0 Å².